The highest BCUT2D eigenvalue weighted by Gasteiger charge is 2.06. The quantitative estimate of drug-likeness (QED) is 0.831. The lowest BCUT2D eigenvalue weighted by Crippen LogP contribution is -2.13. The van der Waals surface area contributed by atoms with Gasteiger partial charge in [-0.25, -0.2) is 0 Å². The summed E-state index contributed by atoms with van der Waals surface area (Å²) in [5.41, 5.74) is 2.23. The Balaban J connectivity index is 2.15. The number of pyridine rings is 1. The number of aryl methyl sites for hydroxylation is 1. The monoisotopic (exact) mass is 212 g/mol. The van der Waals surface area contributed by atoms with Gasteiger partial charge >= 0.3 is 0 Å². The summed E-state index contributed by atoms with van der Waals surface area (Å²) in [7, 11) is 0. The first-order chi connectivity index (χ1) is 7.75. The SMILES string of the molecule is Cc1ccnc(C(=O)Nc2ccccc2)c1. The third-order valence-corrected chi connectivity index (χ3v) is 2.18. The van der Waals surface area contributed by atoms with E-state index in [2.05, 4.69) is 10.3 Å². The fourth-order valence-electron chi connectivity index (χ4n) is 1.38. The van der Waals surface area contributed by atoms with Crippen LogP contribution >= 0.6 is 0 Å². The molecule has 3 nitrogen and oxygen atoms in total. The second-order valence-electron chi connectivity index (χ2n) is 3.54. The number of para-hydroxylation sites is 1. The van der Waals surface area contributed by atoms with Crippen LogP contribution in [0.5, 0.6) is 0 Å². The molecule has 2 rings (SSSR count). The van der Waals surface area contributed by atoms with Crippen molar-refractivity contribution in [2.75, 3.05) is 5.32 Å². The van der Waals surface area contributed by atoms with Crippen LogP contribution in [0.4, 0.5) is 5.69 Å². The van der Waals surface area contributed by atoms with E-state index in [1.807, 2.05) is 43.3 Å². The van der Waals surface area contributed by atoms with E-state index in [9.17, 15) is 4.79 Å². The van der Waals surface area contributed by atoms with Crippen molar-refractivity contribution >= 4 is 11.6 Å². The molecule has 1 heterocycles. The number of amides is 1. The van der Waals surface area contributed by atoms with Gasteiger partial charge in [0.05, 0.1) is 0 Å². The summed E-state index contributed by atoms with van der Waals surface area (Å²) in [4.78, 5) is 15.8. The predicted molar refractivity (Wildman–Crippen MR) is 63.4 cm³/mol. The van der Waals surface area contributed by atoms with Crippen LogP contribution in [-0.4, -0.2) is 10.9 Å². The Morgan fingerprint density at radius 2 is 1.94 bits per heavy atom. The Kier molecular flexibility index (Phi) is 2.96. The van der Waals surface area contributed by atoms with Crippen molar-refractivity contribution < 1.29 is 4.79 Å². The molecule has 0 saturated heterocycles. The summed E-state index contributed by atoms with van der Waals surface area (Å²) in [5, 5.41) is 2.78. The molecular weight excluding hydrogens is 200 g/mol. The van der Waals surface area contributed by atoms with Crippen LogP contribution in [0.2, 0.25) is 0 Å². The van der Waals surface area contributed by atoms with Crippen LogP contribution in [0.3, 0.4) is 0 Å². The van der Waals surface area contributed by atoms with E-state index in [0.29, 0.717) is 5.69 Å². The molecule has 1 amide bonds. The number of anilines is 1. The number of carbonyl (C=O) groups is 1. The van der Waals surface area contributed by atoms with Crippen LogP contribution in [0.1, 0.15) is 16.1 Å². The molecule has 0 saturated carbocycles. The fourth-order valence-corrected chi connectivity index (χ4v) is 1.38. The highest BCUT2D eigenvalue weighted by Crippen LogP contribution is 2.08. The van der Waals surface area contributed by atoms with Gasteiger partial charge in [-0.1, -0.05) is 18.2 Å². The van der Waals surface area contributed by atoms with Crippen molar-refractivity contribution in [2.24, 2.45) is 0 Å². The zero-order valence-corrected chi connectivity index (χ0v) is 8.97. The van der Waals surface area contributed by atoms with Gasteiger partial charge in [-0.15, -0.1) is 0 Å². The average Bonchev–Trinajstić information content (AvgIpc) is 2.30. The van der Waals surface area contributed by atoms with E-state index >= 15 is 0 Å². The third-order valence-electron chi connectivity index (χ3n) is 2.18. The van der Waals surface area contributed by atoms with Gasteiger partial charge in [0.1, 0.15) is 5.69 Å². The summed E-state index contributed by atoms with van der Waals surface area (Å²) in [5.74, 6) is -0.185. The van der Waals surface area contributed by atoms with Gasteiger partial charge in [0, 0.05) is 11.9 Å². The first kappa shape index (κ1) is 10.4. The molecule has 0 aliphatic heterocycles. The molecule has 0 fully saturated rings. The Hall–Kier alpha value is -2.16. The summed E-state index contributed by atoms with van der Waals surface area (Å²) in [6.07, 6.45) is 1.63. The number of aromatic nitrogens is 1. The Labute approximate surface area is 94.1 Å². The number of benzene rings is 1. The smallest absolute Gasteiger partial charge is 0.274 e. The van der Waals surface area contributed by atoms with E-state index in [1.165, 1.54) is 0 Å². The molecule has 0 spiro atoms. The number of rotatable bonds is 2. The largest absolute Gasteiger partial charge is 0.321 e. The lowest BCUT2D eigenvalue weighted by Gasteiger charge is -2.04. The fraction of sp³-hybridized carbons (Fsp3) is 0.0769. The van der Waals surface area contributed by atoms with Crippen molar-refractivity contribution in [2.45, 2.75) is 6.92 Å². The number of hydrogen-bond acceptors (Lipinski definition) is 2. The second kappa shape index (κ2) is 4.57. The molecule has 1 aromatic heterocycles. The first-order valence-electron chi connectivity index (χ1n) is 5.05. The van der Waals surface area contributed by atoms with Crippen LogP contribution < -0.4 is 5.32 Å². The molecule has 80 valence electrons. The summed E-state index contributed by atoms with van der Waals surface area (Å²) < 4.78 is 0. The third kappa shape index (κ3) is 2.45. The number of carbonyl (C=O) groups excluding carboxylic acids is 1. The van der Waals surface area contributed by atoms with Gasteiger partial charge < -0.3 is 5.32 Å². The highest BCUT2D eigenvalue weighted by molar-refractivity contribution is 6.02. The molecule has 1 aromatic carbocycles. The molecular formula is C13H12N2O. The van der Waals surface area contributed by atoms with E-state index in [4.69, 9.17) is 0 Å². The topological polar surface area (TPSA) is 42.0 Å². The standard InChI is InChI=1S/C13H12N2O/c1-10-7-8-14-12(9-10)13(16)15-11-5-3-2-4-6-11/h2-9H,1H3,(H,15,16). The Morgan fingerprint density at radius 3 is 2.62 bits per heavy atom. The lowest BCUT2D eigenvalue weighted by molar-refractivity contribution is 0.102. The lowest BCUT2D eigenvalue weighted by atomic mass is 10.2. The average molecular weight is 212 g/mol. The molecule has 3 heteroatoms. The maximum absolute atomic E-state index is 11.8. The maximum Gasteiger partial charge on any atom is 0.274 e. The highest BCUT2D eigenvalue weighted by atomic mass is 16.1. The number of hydrogen-bond donors (Lipinski definition) is 1. The number of nitrogens with zero attached hydrogens (tertiary/aromatic N) is 1. The molecule has 2 aromatic rings. The zero-order valence-electron chi connectivity index (χ0n) is 8.97. The molecule has 0 aliphatic carbocycles. The summed E-state index contributed by atoms with van der Waals surface area (Å²) in [6, 6.07) is 13.0. The van der Waals surface area contributed by atoms with Gasteiger partial charge in [0.2, 0.25) is 0 Å². The van der Waals surface area contributed by atoms with E-state index in [0.717, 1.165) is 11.3 Å². The molecule has 0 unspecified atom stereocenters. The second-order valence-corrected chi connectivity index (χ2v) is 3.54. The summed E-state index contributed by atoms with van der Waals surface area (Å²) >= 11 is 0. The predicted octanol–water partition coefficient (Wildman–Crippen LogP) is 2.64. The van der Waals surface area contributed by atoms with E-state index < -0.39 is 0 Å². The van der Waals surface area contributed by atoms with Gasteiger partial charge in [0.25, 0.3) is 5.91 Å². The van der Waals surface area contributed by atoms with Crippen molar-refractivity contribution in [1.29, 1.82) is 0 Å². The maximum atomic E-state index is 11.8. The molecule has 0 bridgehead atoms. The van der Waals surface area contributed by atoms with Crippen molar-refractivity contribution in [3.05, 3.63) is 59.9 Å². The van der Waals surface area contributed by atoms with E-state index in [-0.39, 0.29) is 5.91 Å². The van der Waals surface area contributed by atoms with Gasteiger partial charge in [-0.05, 0) is 36.8 Å². The molecule has 0 atom stereocenters. The first-order valence-corrected chi connectivity index (χ1v) is 5.05. The molecule has 1 N–H and O–H groups in total. The molecule has 16 heavy (non-hydrogen) atoms. The zero-order chi connectivity index (χ0) is 11.4. The van der Waals surface area contributed by atoms with Gasteiger partial charge in [0.15, 0.2) is 0 Å². The molecule has 0 radical (unpaired) electrons. The van der Waals surface area contributed by atoms with Crippen molar-refractivity contribution in [3.63, 3.8) is 0 Å². The minimum absolute atomic E-state index is 0.185. The van der Waals surface area contributed by atoms with Crippen LogP contribution in [0.15, 0.2) is 48.7 Å². The van der Waals surface area contributed by atoms with E-state index in [1.54, 1.807) is 12.3 Å². The number of nitrogens with one attached hydrogen (secondary N) is 1. The normalized spacial score (nSPS) is 9.81. The van der Waals surface area contributed by atoms with Gasteiger partial charge in [-0.2, -0.15) is 0 Å². The summed E-state index contributed by atoms with van der Waals surface area (Å²) in [6.45, 7) is 1.93. The minimum Gasteiger partial charge on any atom is -0.321 e. The molecule has 0 aliphatic rings. The van der Waals surface area contributed by atoms with Crippen molar-refractivity contribution in [3.8, 4) is 0 Å². The van der Waals surface area contributed by atoms with Crippen molar-refractivity contribution in [1.82, 2.24) is 4.98 Å². The Bertz CT molecular complexity index is 494. The Morgan fingerprint density at radius 1 is 1.19 bits per heavy atom. The van der Waals surface area contributed by atoms with Crippen LogP contribution in [0, 0.1) is 6.92 Å². The minimum atomic E-state index is -0.185. The van der Waals surface area contributed by atoms with Gasteiger partial charge in [-0.3, -0.25) is 9.78 Å². The van der Waals surface area contributed by atoms with Crippen LogP contribution in [0.25, 0.3) is 0 Å². The van der Waals surface area contributed by atoms with Crippen LogP contribution in [-0.2, 0) is 0 Å².